The number of carboxylic acids is 1. The van der Waals surface area contributed by atoms with Crippen LogP contribution in [0.25, 0.3) is 10.1 Å². The van der Waals surface area contributed by atoms with Gasteiger partial charge in [-0.3, -0.25) is 14.9 Å². The molecule has 0 saturated carbocycles. The lowest BCUT2D eigenvalue weighted by Crippen LogP contribution is -2.57. The Bertz CT molecular complexity index is 824. The summed E-state index contributed by atoms with van der Waals surface area (Å²) >= 11 is 1.17. The quantitative estimate of drug-likeness (QED) is 0.644. The van der Waals surface area contributed by atoms with Gasteiger partial charge >= 0.3 is 5.97 Å². The molecule has 0 unspecified atom stereocenters. The van der Waals surface area contributed by atoms with Gasteiger partial charge in [0.05, 0.1) is 9.80 Å². The van der Waals surface area contributed by atoms with E-state index in [2.05, 4.69) is 5.32 Å². The molecule has 2 heterocycles. The lowest BCUT2D eigenvalue weighted by Gasteiger charge is -2.33. The Hall–Kier alpha value is -2.52. The molecule has 1 aliphatic rings. The molecule has 2 N–H and O–H groups in total. The lowest BCUT2D eigenvalue weighted by atomic mass is 9.90. The Morgan fingerprint density at radius 2 is 2.00 bits per heavy atom. The minimum atomic E-state index is -1.34. The molecule has 2 aromatic rings. The molecule has 0 aliphatic carbocycles. The van der Waals surface area contributed by atoms with Crippen LogP contribution in [-0.4, -0.2) is 40.7 Å². The molecule has 3 rings (SSSR count). The van der Waals surface area contributed by atoms with Gasteiger partial charge in [0.25, 0.3) is 11.6 Å². The third-order valence-corrected chi connectivity index (χ3v) is 5.16. The zero-order valence-corrected chi connectivity index (χ0v) is 13.3. The van der Waals surface area contributed by atoms with Gasteiger partial charge in [-0.05, 0) is 12.1 Å². The van der Waals surface area contributed by atoms with Crippen LogP contribution in [-0.2, 0) is 9.53 Å². The number of amides is 1. The first kappa shape index (κ1) is 16.3. The predicted octanol–water partition coefficient (Wildman–Crippen LogP) is 2.17. The monoisotopic (exact) mass is 350 g/mol. The maximum atomic E-state index is 12.5. The van der Waals surface area contributed by atoms with Crippen LogP contribution >= 0.6 is 11.3 Å². The minimum absolute atomic E-state index is 0.0568. The number of non-ortho nitro benzene ring substituents is 1. The summed E-state index contributed by atoms with van der Waals surface area (Å²) in [6, 6.07) is 5.88. The molecule has 1 fully saturated rings. The van der Waals surface area contributed by atoms with E-state index in [9.17, 15) is 24.8 Å². The number of hydrogen-bond acceptors (Lipinski definition) is 6. The van der Waals surface area contributed by atoms with E-state index in [-0.39, 0.29) is 31.7 Å². The fraction of sp³-hybridized carbons (Fsp3) is 0.333. The summed E-state index contributed by atoms with van der Waals surface area (Å²) in [6.45, 7) is 0.538. The molecule has 24 heavy (non-hydrogen) atoms. The van der Waals surface area contributed by atoms with E-state index < -0.39 is 22.3 Å². The summed E-state index contributed by atoms with van der Waals surface area (Å²) in [5.74, 6) is -1.58. The number of nitro groups is 1. The second-order valence-corrected chi connectivity index (χ2v) is 6.63. The number of aliphatic carboxylic acids is 1. The van der Waals surface area contributed by atoms with Crippen molar-refractivity contribution in [2.24, 2.45) is 0 Å². The highest BCUT2D eigenvalue weighted by Crippen LogP contribution is 2.30. The molecule has 0 atom stereocenters. The number of hydrogen-bond donors (Lipinski definition) is 2. The van der Waals surface area contributed by atoms with Crippen molar-refractivity contribution >= 4 is 39.0 Å². The fourth-order valence-electron chi connectivity index (χ4n) is 2.65. The van der Waals surface area contributed by atoms with Crippen LogP contribution in [0, 0.1) is 10.1 Å². The van der Waals surface area contributed by atoms with Crippen molar-refractivity contribution < 1.29 is 24.4 Å². The standard InChI is InChI=1S/C15H14N2O6S/c18-13(16-15(14(19)20)3-5-23-6-4-15)12-8-9-7-10(17(21)22)1-2-11(9)24-12/h1-2,7-8H,3-6H2,(H,16,18)(H,19,20). The Balaban J connectivity index is 1.87. The number of carbonyl (C=O) groups excluding carboxylic acids is 1. The van der Waals surface area contributed by atoms with Crippen LogP contribution in [0.4, 0.5) is 5.69 Å². The van der Waals surface area contributed by atoms with Gasteiger partial charge in [-0.1, -0.05) is 0 Å². The van der Waals surface area contributed by atoms with Gasteiger partial charge in [0.1, 0.15) is 5.54 Å². The molecule has 1 aromatic heterocycles. The molecule has 126 valence electrons. The second-order valence-electron chi connectivity index (χ2n) is 5.54. The lowest BCUT2D eigenvalue weighted by molar-refractivity contribution is -0.384. The molecule has 9 heteroatoms. The summed E-state index contributed by atoms with van der Waals surface area (Å²) in [5.41, 5.74) is -1.39. The average Bonchev–Trinajstić information content (AvgIpc) is 2.98. The zero-order valence-electron chi connectivity index (χ0n) is 12.5. The molecule has 8 nitrogen and oxygen atoms in total. The van der Waals surface area contributed by atoms with Crippen LogP contribution in [0.5, 0.6) is 0 Å². The number of fused-ring (bicyclic) bond motifs is 1. The highest BCUT2D eigenvalue weighted by molar-refractivity contribution is 7.20. The van der Waals surface area contributed by atoms with E-state index in [4.69, 9.17) is 4.74 Å². The molecule has 0 spiro atoms. The smallest absolute Gasteiger partial charge is 0.329 e. The summed E-state index contributed by atoms with van der Waals surface area (Å²) in [7, 11) is 0. The van der Waals surface area contributed by atoms with E-state index in [0.29, 0.717) is 10.3 Å². The van der Waals surface area contributed by atoms with Gasteiger partial charge in [-0.15, -0.1) is 11.3 Å². The van der Waals surface area contributed by atoms with Gasteiger partial charge in [0.2, 0.25) is 0 Å². The van der Waals surface area contributed by atoms with Crippen molar-refractivity contribution in [2.75, 3.05) is 13.2 Å². The van der Waals surface area contributed by atoms with Crippen molar-refractivity contribution in [2.45, 2.75) is 18.4 Å². The molecule has 1 aliphatic heterocycles. The summed E-state index contributed by atoms with van der Waals surface area (Å²) in [6.07, 6.45) is 0.398. The normalized spacial score (nSPS) is 16.7. The average molecular weight is 350 g/mol. The van der Waals surface area contributed by atoms with Gasteiger partial charge < -0.3 is 15.2 Å². The number of rotatable bonds is 4. The molecule has 0 radical (unpaired) electrons. The van der Waals surface area contributed by atoms with Gasteiger partial charge in [-0.2, -0.15) is 0 Å². The summed E-state index contributed by atoms with van der Waals surface area (Å²) in [4.78, 5) is 34.7. The maximum absolute atomic E-state index is 12.5. The molecule has 0 bridgehead atoms. The van der Waals surface area contributed by atoms with E-state index in [1.54, 1.807) is 6.07 Å². The van der Waals surface area contributed by atoms with Crippen LogP contribution < -0.4 is 5.32 Å². The molecular weight excluding hydrogens is 336 g/mol. The van der Waals surface area contributed by atoms with E-state index in [1.807, 2.05) is 0 Å². The number of nitrogens with one attached hydrogen (secondary N) is 1. The number of carbonyl (C=O) groups is 2. The van der Waals surface area contributed by atoms with Crippen LogP contribution in [0.1, 0.15) is 22.5 Å². The van der Waals surface area contributed by atoms with Crippen LogP contribution in [0.2, 0.25) is 0 Å². The molecule has 1 aromatic carbocycles. The Labute approximate surface area is 140 Å². The van der Waals surface area contributed by atoms with E-state index in [0.717, 1.165) is 4.70 Å². The molecular formula is C15H14N2O6S. The number of ether oxygens (including phenoxy) is 1. The van der Waals surface area contributed by atoms with Crippen molar-refractivity contribution in [1.82, 2.24) is 5.32 Å². The van der Waals surface area contributed by atoms with Crippen LogP contribution in [0.3, 0.4) is 0 Å². The van der Waals surface area contributed by atoms with Crippen molar-refractivity contribution in [1.29, 1.82) is 0 Å². The number of nitro benzene ring substituents is 1. The topological polar surface area (TPSA) is 119 Å². The number of thiophene rings is 1. The third-order valence-electron chi connectivity index (χ3n) is 4.04. The highest BCUT2D eigenvalue weighted by atomic mass is 32.1. The van der Waals surface area contributed by atoms with Crippen molar-refractivity contribution in [3.05, 3.63) is 39.3 Å². The Morgan fingerprint density at radius 3 is 2.62 bits per heavy atom. The Morgan fingerprint density at radius 1 is 1.29 bits per heavy atom. The molecule has 1 saturated heterocycles. The fourth-order valence-corrected chi connectivity index (χ4v) is 3.59. The van der Waals surface area contributed by atoms with E-state index in [1.165, 1.54) is 29.5 Å². The van der Waals surface area contributed by atoms with Gasteiger partial charge in [0.15, 0.2) is 0 Å². The van der Waals surface area contributed by atoms with Crippen molar-refractivity contribution in [3.8, 4) is 0 Å². The first-order chi connectivity index (χ1) is 11.4. The van der Waals surface area contributed by atoms with Gasteiger partial charge in [-0.25, -0.2) is 4.79 Å². The number of nitrogens with zero attached hydrogens (tertiary/aromatic N) is 1. The largest absolute Gasteiger partial charge is 0.480 e. The summed E-state index contributed by atoms with van der Waals surface area (Å²) in [5, 5.41) is 23.5. The zero-order chi connectivity index (χ0) is 17.3. The summed E-state index contributed by atoms with van der Waals surface area (Å²) < 4.78 is 5.89. The van der Waals surface area contributed by atoms with Crippen LogP contribution in [0.15, 0.2) is 24.3 Å². The third kappa shape index (κ3) is 2.95. The van der Waals surface area contributed by atoms with Crippen molar-refractivity contribution in [3.63, 3.8) is 0 Å². The predicted molar refractivity (Wildman–Crippen MR) is 86.4 cm³/mol. The highest BCUT2D eigenvalue weighted by Gasteiger charge is 2.42. The first-order valence-corrected chi connectivity index (χ1v) is 8.05. The van der Waals surface area contributed by atoms with E-state index >= 15 is 0 Å². The maximum Gasteiger partial charge on any atom is 0.329 e. The SMILES string of the molecule is O=C(NC1(C(=O)O)CCOCC1)c1cc2cc([N+](=O)[O-])ccc2s1. The second kappa shape index (κ2) is 6.17. The Kier molecular flexibility index (Phi) is 4.20. The first-order valence-electron chi connectivity index (χ1n) is 7.23. The minimum Gasteiger partial charge on any atom is -0.480 e. The number of benzene rings is 1. The number of carboxylic acid groups (broad SMARTS) is 1. The molecule has 1 amide bonds. The van der Waals surface area contributed by atoms with Gasteiger partial charge in [0, 0.05) is 48.3 Å².